The lowest BCUT2D eigenvalue weighted by Gasteiger charge is -2.27. The number of pyridine rings is 1. The summed E-state index contributed by atoms with van der Waals surface area (Å²) in [4.78, 5) is 33.9. The summed E-state index contributed by atoms with van der Waals surface area (Å²) >= 11 is 1.57. The summed E-state index contributed by atoms with van der Waals surface area (Å²) in [7, 11) is 0. The number of aromatic nitrogens is 2. The molecule has 4 unspecified atom stereocenters. The SMILES string of the molecule is Cc1ccnc(Oc2ccc3nc(C45C=CC(C4)C4C(=O)NC(=O)C45)sc3c2)c1. The van der Waals surface area contributed by atoms with Crippen molar-refractivity contribution in [3.8, 4) is 11.6 Å². The Balaban J connectivity index is 1.38. The molecule has 3 aliphatic rings. The van der Waals surface area contributed by atoms with Gasteiger partial charge in [0.15, 0.2) is 0 Å². The van der Waals surface area contributed by atoms with E-state index in [0.717, 1.165) is 27.2 Å². The second-order valence-corrected chi connectivity index (χ2v) is 9.08. The lowest BCUT2D eigenvalue weighted by atomic mass is 9.75. The fourth-order valence-corrected chi connectivity index (χ4v) is 6.25. The van der Waals surface area contributed by atoms with Crippen molar-refractivity contribution >= 4 is 33.4 Å². The molecule has 6 rings (SSSR count). The van der Waals surface area contributed by atoms with Crippen LogP contribution in [0, 0.1) is 24.7 Å². The van der Waals surface area contributed by atoms with E-state index < -0.39 is 5.41 Å². The standard InChI is InChI=1S/C22H17N3O3S/c1-11-5-7-23-16(8-11)28-13-2-3-14-15(9-13)29-21(24-14)22-6-4-12(10-22)17-18(22)20(27)25-19(17)26/h2-9,12,17-18H,10H2,1H3,(H,25,26,27). The van der Waals surface area contributed by atoms with Gasteiger partial charge in [0.25, 0.3) is 0 Å². The predicted octanol–water partition coefficient (Wildman–Crippen LogP) is 3.51. The van der Waals surface area contributed by atoms with E-state index in [-0.39, 0.29) is 29.6 Å². The van der Waals surface area contributed by atoms with Crippen molar-refractivity contribution in [2.24, 2.45) is 17.8 Å². The molecule has 3 heterocycles. The van der Waals surface area contributed by atoms with Crippen LogP contribution in [0.3, 0.4) is 0 Å². The number of aryl methyl sites for hydroxylation is 1. The molecule has 2 aromatic heterocycles. The van der Waals surface area contributed by atoms with Crippen LogP contribution in [0.1, 0.15) is 17.0 Å². The normalized spacial score (nSPS) is 29.5. The number of fused-ring (bicyclic) bond motifs is 6. The van der Waals surface area contributed by atoms with E-state index >= 15 is 0 Å². The molecular formula is C22H17N3O3S. The summed E-state index contributed by atoms with van der Waals surface area (Å²) in [6.07, 6.45) is 6.69. The number of benzene rings is 1. The molecule has 1 N–H and O–H groups in total. The van der Waals surface area contributed by atoms with Gasteiger partial charge in [0.1, 0.15) is 10.8 Å². The van der Waals surface area contributed by atoms with Crippen molar-refractivity contribution in [3.63, 3.8) is 0 Å². The van der Waals surface area contributed by atoms with E-state index in [9.17, 15) is 9.59 Å². The highest BCUT2D eigenvalue weighted by molar-refractivity contribution is 7.18. The number of rotatable bonds is 3. The third kappa shape index (κ3) is 2.34. The Morgan fingerprint density at radius 1 is 1.21 bits per heavy atom. The molecular weight excluding hydrogens is 386 g/mol. The molecule has 0 radical (unpaired) electrons. The average Bonchev–Trinajstić information content (AvgIpc) is 3.43. The molecule has 2 fully saturated rings. The number of carbonyl (C=O) groups is 2. The van der Waals surface area contributed by atoms with E-state index in [1.807, 2.05) is 37.3 Å². The number of ether oxygens (including phenoxy) is 1. The van der Waals surface area contributed by atoms with Crippen LogP contribution in [0.5, 0.6) is 11.6 Å². The van der Waals surface area contributed by atoms with Crippen LogP contribution >= 0.6 is 11.3 Å². The van der Waals surface area contributed by atoms with Crippen LogP contribution in [0.4, 0.5) is 0 Å². The van der Waals surface area contributed by atoms with E-state index in [4.69, 9.17) is 9.72 Å². The van der Waals surface area contributed by atoms with Gasteiger partial charge in [0.05, 0.1) is 27.5 Å². The van der Waals surface area contributed by atoms with Gasteiger partial charge in [0.2, 0.25) is 17.7 Å². The zero-order valence-corrected chi connectivity index (χ0v) is 16.4. The van der Waals surface area contributed by atoms with Crippen LogP contribution in [0.25, 0.3) is 10.2 Å². The lowest BCUT2D eigenvalue weighted by molar-refractivity contribution is -0.126. The number of amides is 2. The van der Waals surface area contributed by atoms with Gasteiger partial charge in [-0.05, 0) is 43.0 Å². The number of thiazole rings is 1. The summed E-state index contributed by atoms with van der Waals surface area (Å²) in [5.74, 6) is 0.447. The fraction of sp³-hybridized carbons (Fsp3) is 0.273. The molecule has 1 aliphatic heterocycles. The zero-order valence-electron chi connectivity index (χ0n) is 15.6. The van der Waals surface area contributed by atoms with E-state index in [1.54, 1.807) is 17.5 Å². The van der Waals surface area contributed by atoms with Gasteiger partial charge < -0.3 is 4.74 Å². The number of carbonyl (C=O) groups excluding carboxylic acids is 2. The van der Waals surface area contributed by atoms with E-state index in [2.05, 4.69) is 22.5 Å². The first-order chi connectivity index (χ1) is 14.0. The summed E-state index contributed by atoms with van der Waals surface area (Å²) in [5, 5.41) is 3.42. The van der Waals surface area contributed by atoms with Crippen molar-refractivity contribution in [2.45, 2.75) is 18.8 Å². The van der Waals surface area contributed by atoms with Crippen LogP contribution in [0.2, 0.25) is 0 Å². The Labute approximate surface area is 170 Å². The predicted molar refractivity (Wildman–Crippen MR) is 108 cm³/mol. The average molecular weight is 403 g/mol. The minimum absolute atomic E-state index is 0.116. The summed E-state index contributed by atoms with van der Waals surface area (Å²) in [6, 6.07) is 9.58. The van der Waals surface area contributed by atoms with Gasteiger partial charge in [-0.3, -0.25) is 14.9 Å². The molecule has 2 aliphatic carbocycles. The summed E-state index contributed by atoms with van der Waals surface area (Å²) in [6.45, 7) is 1.99. The van der Waals surface area contributed by atoms with Crippen LogP contribution < -0.4 is 10.1 Å². The second-order valence-electron chi connectivity index (χ2n) is 8.05. The van der Waals surface area contributed by atoms with Gasteiger partial charge in [-0.15, -0.1) is 11.3 Å². The molecule has 1 saturated heterocycles. The highest BCUT2D eigenvalue weighted by Crippen LogP contribution is 2.60. The van der Waals surface area contributed by atoms with Gasteiger partial charge in [0, 0.05) is 18.3 Å². The van der Waals surface area contributed by atoms with Crippen LogP contribution in [-0.4, -0.2) is 21.8 Å². The number of nitrogens with zero attached hydrogens (tertiary/aromatic N) is 2. The third-order valence-corrected chi connectivity index (χ3v) is 7.50. The smallest absolute Gasteiger partial charge is 0.231 e. The van der Waals surface area contributed by atoms with Gasteiger partial charge in [-0.25, -0.2) is 9.97 Å². The Morgan fingerprint density at radius 2 is 2.10 bits per heavy atom. The first-order valence-electron chi connectivity index (χ1n) is 9.59. The van der Waals surface area contributed by atoms with E-state index in [0.29, 0.717) is 11.6 Å². The van der Waals surface area contributed by atoms with Gasteiger partial charge in [-0.1, -0.05) is 12.2 Å². The number of nitrogens with one attached hydrogen (secondary N) is 1. The summed E-state index contributed by atoms with van der Waals surface area (Å²) < 4.78 is 6.90. The maximum Gasteiger partial charge on any atom is 0.231 e. The Morgan fingerprint density at radius 3 is 2.97 bits per heavy atom. The molecule has 7 heteroatoms. The van der Waals surface area contributed by atoms with Crippen molar-refractivity contribution in [1.82, 2.24) is 15.3 Å². The molecule has 3 aromatic rings. The highest BCUT2D eigenvalue weighted by atomic mass is 32.1. The molecule has 2 bridgehead atoms. The maximum atomic E-state index is 12.5. The number of allylic oxidation sites excluding steroid dienone is 2. The third-order valence-electron chi connectivity index (χ3n) is 6.29. The molecule has 6 nitrogen and oxygen atoms in total. The molecule has 0 spiro atoms. The molecule has 2 amide bonds. The van der Waals surface area contributed by atoms with Crippen molar-refractivity contribution in [1.29, 1.82) is 0 Å². The largest absolute Gasteiger partial charge is 0.439 e. The Hall–Kier alpha value is -3.06. The van der Waals surface area contributed by atoms with E-state index in [1.165, 1.54) is 0 Å². The molecule has 4 atom stereocenters. The quantitative estimate of drug-likeness (QED) is 0.535. The Bertz CT molecular complexity index is 1230. The minimum atomic E-state index is -0.478. The lowest BCUT2D eigenvalue weighted by Crippen LogP contribution is -2.36. The highest BCUT2D eigenvalue weighted by Gasteiger charge is 2.65. The van der Waals surface area contributed by atoms with Gasteiger partial charge >= 0.3 is 0 Å². The van der Waals surface area contributed by atoms with Crippen molar-refractivity contribution in [3.05, 3.63) is 59.3 Å². The van der Waals surface area contributed by atoms with Crippen molar-refractivity contribution < 1.29 is 14.3 Å². The number of hydrogen-bond acceptors (Lipinski definition) is 6. The zero-order chi connectivity index (χ0) is 19.8. The molecule has 1 aromatic carbocycles. The minimum Gasteiger partial charge on any atom is -0.439 e. The molecule has 144 valence electrons. The number of hydrogen-bond donors (Lipinski definition) is 1. The summed E-state index contributed by atoms with van der Waals surface area (Å²) in [5.41, 5.74) is 1.47. The van der Waals surface area contributed by atoms with Gasteiger partial charge in [-0.2, -0.15) is 0 Å². The van der Waals surface area contributed by atoms with Crippen LogP contribution in [0.15, 0.2) is 48.7 Å². The second kappa shape index (κ2) is 5.73. The monoisotopic (exact) mass is 403 g/mol. The topological polar surface area (TPSA) is 81.2 Å². The molecule has 1 saturated carbocycles. The Kier molecular flexibility index (Phi) is 3.33. The van der Waals surface area contributed by atoms with Crippen molar-refractivity contribution in [2.75, 3.05) is 0 Å². The fourth-order valence-electron chi connectivity index (χ4n) is 5.04. The maximum absolute atomic E-state index is 12.5. The van der Waals surface area contributed by atoms with Crippen LogP contribution in [-0.2, 0) is 15.0 Å². The first kappa shape index (κ1) is 16.9. The number of imide groups is 1. The molecule has 29 heavy (non-hydrogen) atoms. The first-order valence-corrected chi connectivity index (χ1v) is 10.4.